The number of nitrogens with two attached hydrogens (primary N) is 1. The molecule has 2 rings (SSSR count). The zero-order valence-electron chi connectivity index (χ0n) is 10.7. The molecule has 1 aromatic carbocycles. The van der Waals surface area contributed by atoms with Crippen molar-refractivity contribution in [3.63, 3.8) is 0 Å². The minimum Gasteiger partial charge on any atom is -0.330 e. The molecule has 6 heteroatoms. The number of hydrogen-bond acceptors (Lipinski definition) is 2. The van der Waals surface area contributed by atoms with E-state index in [-0.39, 0.29) is 0 Å². The molecule has 104 valence electrons. The van der Waals surface area contributed by atoms with Crippen molar-refractivity contribution in [1.82, 2.24) is 9.55 Å². The third-order valence-electron chi connectivity index (χ3n) is 2.97. The summed E-state index contributed by atoms with van der Waals surface area (Å²) >= 11 is 0. The van der Waals surface area contributed by atoms with E-state index in [0.717, 1.165) is 36.4 Å². The Morgan fingerprint density at radius 2 is 2.05 bits per heavy atom. The number of alkyl halides is 3. The van der Waals surface area contributed by atoms with Crippen LogP contribution in [0.5, 0.6) is 0 Å². The molecule has 1 heterocycles. The third kappa shape index (κ3) is 2.73. The molecule has 0 aliphatic rings. The third-order valence-corrected chi connectivity index (χ3v) is 2.97. The number of rotatable bonds is 4. The summed E-state index contributed by atoms with van der Waals surface area (Å²) in [5.41, 5.74) is 5.96. The average Bonchev–Trinajstić information content (AvgIpc) is 2.67. The van der Waals surface area contributed by atoms with Crippen LogP contribution in [-0.2, 0) is 19.1 Å². The van der Waals surface area contributed by atoms with Gasteiger partial charge < -0.3 is 10.3 Å². The van der Waals surface area contributed by atoms with Crippen LogP contribution in [0, 0.1) is 0 Å². The molecule has 0 aliphatic carbocycles. The fourth-order valence-electron chi connectivity index (χ4n) is 2.15. The van der Waals surface area contributed by atoms with Crippen LogP contribution in [0.15, 0.2) is 18.2 Å². The number of aryl methyl sites for hydroxylation is 1. The van der Waals surface area contributed by atoms with Crippen molar-refractivity contribution in [3.05, 3.63) is 29.6 Å². The van der Waals surface area contributed by atoms with Gasteiger partial charge in [-0.05, 0) is 31.2 Å². The van der Waals surface area contributed by atoms with Gasteiger partial charge in [-0.25, -0.2) is 4.98 Å². The minimum absolute atomic E-state index is 0.381. The van der Waals surface area contributed by atoms with Crippen LogP contribution < -0.4 is 5.73 Å². The number of aromatic nitrogens is 2. The lowest BCUT2D eigenvalue weighted by Gasteiger charge is -2.08. The molecule has 0 saturated carbocycles. The van der Waals surface area contributed by atoms with Crippen LogP contribution in [0.25, 0.3) is 11.0 Å². The van der Waals surface area contributed by atoms with Crippen molar-refractivity contribution in [2.75, 3.05) is 6.54 Å². The fourth-order valence-corrected chi connectivity index (χ4v) is 2.15. The summed E-state index contributed by atoms with van der Waals surface area (Å²) in [5, 5.41) is 0. The Morgan fingerprint density at radius 1 is 1.32 bits per heavy atom. The molecule has 19 heavy (non-hydrogen) atoms. The van der Waals surface area contributed by atoms with Gasteiger partial charge in [0.2, 0.25) is 0 Å². The van der Waals surface area contributed by atoms with Crippen LogP contribution in [0.4, 0.5) is 13.2 Å². The standard InChI is InChI=1S/C13H16F3N3/c1-2-7-19-11-4-3-9(13(14,15)16)8-10(11)18-12(19)5-6-17/h3-4,8H,2,5-7,17H2,1H3. The van der Waals surface area contributed by atoms with Crippen LogP contribution >= 0.6 is 0 Å². The molecule has 2 aromatic rings. The van der Waals surface area contributed by atoms with E-state index in [0.29, 0.717) is 18.5 Å². The molecule has 0 amide bonds. The summed E-state index contributed by atoms with van der Waals surface area (Å²) in [6, 6.07) is 3.69. The van der Waals surface area contributed by atoms with Gasteiger partial charge in [0.1, 0.15) is 5.82 Å². The molecule has 0 aliphatic heterocycles. The predicted octanol–water partition coefficient (Wildman–Crippen LogP) is 2.97. The molecular formula is C13H16F3N3. The summed E-state index contributed by atoms with van der Waals surface area (Å²) in [7, 11) is 0. The van der Waals surface area contributed by atoms with Crippen molar-refractivity contribution < 1.29 is 13.2 Å². The maximum Gasteiger partial charge on any atom is 0.416 e. The molecule has 1 aromatic heterocycles. The second-order valence-electron chi connectivity index (χ2n) is 4.42. The highest BCUT2D eigenvalue weighted by molar-refractivity contribution is 5.77. The van der Waals surface area contributed by atoms with Crippen molar-refractivity contribution >= 4 is 11.0 Å². The number of halogens is 3. The maximum absolute atomic E-state index is 12.7. The van der Waals surface area contributed by atoms with E-state index in [9.17, 15) is 13.2 Å². The molecule has 0 saturated heterocycles. The maximum atomic E-state index is 12.7. The summed E-state index contributed by atoms with van der Waals surface area (Å²) in [5.74, 6) is 0.749. The topological polar surface area (TPSA) is 43.8 Å². The predicted molar refractivity (Wildman–Crippen MR) is 67.8 cm³/mol. The van der Waals surface area contributed by atoms with Gasteiger partial charge in [0.05, 0.1) is 16.6 Å². The Balaban J connectivity index is 2.55. The van der Waals surface area contributed by atoms with E-state index in [1.807, 2.05) is 11.5 Å². The number of hydrogen-bond donors (Lipinski definition) is 1. The van der Waals surface area contributed by atoms with E-state index in [4.69, 9.17) is 5.73 Å². The van der Waals surface area contributed by atoms with Gasteiger partial charge >= 0.3 is 6.18 Å². The monoisotopic (exact) mass is 271 g/mol. The first-order valence-corrected chi connectivity index (χ1v) is 6.23. The second kappa shape index (κ2) is 5.21. The zero-order chi connectivity index (χ0) is 14.0. The van der Waals surface area contributed by atoms with Crippen molar-refractivity contribution in [2.45, 2.75) is 32.5 Å². The SMILES string of the molecule is CCCn1c(CCN)nc2cc(C(F)(F)F)ccc21. The van der Waals surface area contributed by atoms with E-state index < -0.39 is 11.7 Å². The number of fused-ring (bicyclic) bond motifs is 1. The molecule has 0 atom stereocenters. The second-order valence-corrected chi connectivity index (χ2v) is 4.42. The van der Waals surface area contributed by atoms with E-state index >= 15 is 0 Å². The van der Waals surface area contributed by atoms with E-state index in [2.05, 4.69) is 4.98 Å². The summed E-state index contributed by atoms with van der Waals surface area (Å²) in [4.78, 5) is 4.28. The summed E-state index contributed by atoms with van der Waals surface area (Å²) < 4.78 is 39.9. The highest BCUT2D eigenvalue weighted by Gasteiger charge is 2.31. The van der Waals surface area contributed by atoms with Gasteiger partial charge in [-0.3, -0.25) is 0 Å². The molecule has 0 spiro atoms. The largest absolute Gasteiger partial charge is 0.416 e. The smallest absolute Gasteiger partial charge is 0.330 e. The Kier molecular flexibility index (Phi) is 3.80. The molecular weight excluding hydrogens is 255 g/mol. The van der Waals surface area contributed by atoms with Crippen LogP contribution in [0.2, 0.25) is 0 Å². The van der Waals surface area contributed by atoms with Crippen LogP contribution in [0.1, 0.15) is 24.7 Å². The molecule has 0 unspecified atom stereocenters. The average molecular weight is 271 g/mol. The highest BCUT2D eigenvalue weighted by atomic mass is 19.4. The first kappa shape index (κ1) is 13.9. The summed E-state index contributed by atoms with van der Waals surface area (Å²) in [6.45, 7) is 3.18. The Hall–Kier alpha value is -1.56. The van der Waals surface area contributed by atoms with Gasteiger partial charge in [-0.2, -0.15) is 13.2 Å². The Bertz CT molecular complexity index is 572. The zero-order valence-corrected chi connectivity index (χ0v) is 10.7. The van der Waals surface area contributed by atoms with Gasteiger partial charge in [-0.15, -0.1) is 0 Å². The number of benzene rings is 1. The summed E-state index contributed by atoms with van der Waals surface area (Å²) in [6.07, 6.45) is -2.88. The number of nitrogens with zero attached hydrogens (tertiary/aromatic N) is 2. The van der Waals surface area contributed by atoms with Crippen molar-refractivity contribution in [3.8, 4) is 0 Å². The molecule has 0 radical (unpaired) electrons. The van der Waals surface area contributed by atoms with Gasteiger partial charge in [0.15, 0.2) is 0 Å². The Labute approximate surface area is 109 Å². The van der Waals surface area contributed by atoms with Crippen molar-refractivity contribution in [1.29, 1.82) is 0 Å². The van der Waals surface area contributed by atoms with Crippen LogP contribution in [-0.4, -0.2) is 16.1 Å². The first-order chi connectivity index (χ1) is 8.97. The molecule has 3 nitrogen and oxygen atoms in total. The fraction of sp³-hybridized carbons (Fsp3) is 0.462. The highest BCUT2D eigenvalue weighted by Crippen LogP contribution is 2.31. The normalized spacial score (nSPS) is 12.3. The minimum atomic E-state index is -4.34. The van der Waals surface area contributed by atoms with E-state index in [1.54, 1.807) is 0 Å². The van der Waals surface area contributed by atoms with Crippen molar-refractivity contribution in [2.24, 2.45) is 5.73 Å². The van der Waals surface area contributed by atoms with Gasteiger partial charge in [-0.1, -0.05) is 6.92 Å². The van der Waals surface area contributed by atoms with Gasteiger partial charge in [0.25, 0.3) is 0 Å². The molecule has 0 bridgehead atoms. The quantitative estimate of drug-likeness (QED) is 0.929. The lowest BCUT2D eigenvalue weighted by atomic mass is 10.2. The molecule has 2 N–H and O–H groups in total. The lowest BCUT2D eigenvalue weighted by Crippen LogP contribution is -2.10. The lowest BCUT2D eigenvalue weighted by molar-refractivity contribution is -0.137. The van der Waals surface area contributed by atoms with Gasteiger partial charge in [0, 0.05) is 13.0 Å². The van der Waals surface area contributed by atoms with Crippen LogP contribution in [0.3, 0.4) is 0 Å². The first-order valence-electron chi connectivity index (χ1n) is 6.23. The Morgan fingerprint density at radius 3 is 2.63 bits per heavy atom. The van der Waals surface area contributed by atoms with E-state index in [1.165, 1.54) is 6.07 Å². The molecule has 0 fully saturated rings. The number of imidazole rings is 1.